The molecular weight excluding hydrogens is 356 g/mol. The number of hydrogen-bond acceptors (Lipinski definition) is 6. The average Bonchev–Trinajstić information content (AvgIpc) is 3.10. The molecule has 0 aliphatic carbocycles. The van der Waals surface area contributed by atoms with E-state index in [2.05, 4.69) is 25.6 Å². The maximum atomic E-state index is 11.9. The molecule has 28 heavy (non-hydrogen) atoms. The normalized spacial score (nSPS) is 10.5. The average molecular weight is 380 g/mol. The van der Waals surface area contributed by atoms with Crippen molar-refractivity contribution in [1.29, 1.82) is 0 Å². The van der Waals surface area contributed by atoms with Crippen LogP contribution in [0, 0.1) is 20.8 Å². The number of ether oxygens (including phenoxy) is 1. The molecule has 1 aromatic carbocycles. The van der Waals surface area contributed by atoms with E-state index >= 15 is 0 Å². The minimum atomic E-state index is -0.170. The summed E-state index contributed by atoms with van der Waals surface area (Å²) in [6.07, 6.45) is 3.59. The van der Waals surface area contributed by atoms with E-state index < -0.39 is 0 Å². The number of hydrogen-bond donors (Lipinski definition) is 2. The molecule has 0 spiro atoms. The number of nitrogens with zero attached hydrogens (tertiary/aromatic N) is 4. The lowest BCUT2D eigenvalue weighted by Crippen LogP contribution is -2.32. The van der Waals surface area contributed by atoms with Crippen LogP contribution >= 0.6 is 0 Å². The highest BCUT2D eigenvalue weighted by Crippen LogP contribution is 2.13. The summed E-state index contributed by atoms with van der Waals surface area (Å²) in [7, 11) is 0. The maximum Gasteiger partial charge on any atom is 0.258 e. The van der Waals surface area contributed by atoms with Crippen molar-refractivity contribution in [3.8, 4) is 11.6 Å². The SMILES string of the molecule is Cc1ccc(OCC(=O)NCCNc2cc(-n3ccnc3C)nc(C)n2)cc1. The monoisotopic (exact) mass is 380 g/mol. The third-order valence-electron chi connectivity index (χ3n) is 4.04. The molecule has 0 aliphatic heterocycles. The molecule has 0 bridgehead atoms. The van der Waals surface area contributed by atoms with Gasteiger partial charge in [0.1, 0.15) is 29.0 Å². The zero-order valence-corrected chi connectivity index (χ0v) is 16.3. The van der Waals surface area contributed by atoms with E-state index in [0.29, 0.717) is 30.5 Å². The van der Waals surface area contributed by atoms with Crippen LogP contribution in [0.25, 0.3) is 5.82 Å². The van der Waals surface area contributed by atoms with Crippen LogP contribution in [0.15, 0.2) is 42.7 Å². The molecule has 0 radical (unpaired) electrons. The highest BCUT2D eigenvalue weighted by atomic mass is 16.5. The number of imidazole rings is 1. The van der Waals surface area contributed by atoms with Gasteiger partial charge in [-0.25, -0.2) is 15.0 Å². The second kappa shape index (κ2) is 8.98. The van der Waals surface area contributed by atoms with E-state index in [1.807, 2.05) is 61.9 Å². The number of aryl methyl sites for hydroxylation is 3. The molecule has 3 rings (SSSR count). The molecule has 0 unspecified atom stereocenters. The van der Waals surface area contributed by atoms with Crippen molar-refractivity contribution >= 4 is 11.7 Å². The summed E-state index contributed by atoms with van der Waals surface area (Å²) in [5.74, 6) is 3.46. The fraction of sp³-hybridized carbons (Fsp3) is 0.300. The van der Waals surface area contributed by atoms with Gasteiger partial charge in [0.15, 0.2) is 6.61 Å². The van der Waals surface area contributed by atoms with Gasteiger partial charge < -0.3 is 15.4 Å². The Kier molecular flexibility index (Phi) is 6.21. The number of rotatable bonds is 8. The zero-order valence-electron chi connectivity index (χ0n) is 16.3. The van der Waals surface area contributed by atoms with Crippen molar-refractivity contribution in [2.75, 3.05) is 25.0 Å². The molecule has 0 saturated carbocycles. The summed E-state index contributed by atoms with van der Waals surface area (Å²) in [6, 6.07) is 9.44. The number of carbonyl (C=O) groups is 1. The fourth-order valence-electron chi connectivity index (χ4n) is 2.61. The number of anilines is 1. The Morgan fingerprint density at radius 1 is 1.11 bits per heavy atom. The van der Waals surface area contributed by atoms with Crippen LogP contribution in [0.2, 0.25) is 0 Å². The van der Waals surface area contributed by atoms with E-state index in [0.717, 1.165) is 17.2 Å². The van der Waals surface area contributed by atoms with Crippen molar-refractivity contribution in [2.24, 2.45) is 0 Å². The second-order valence-electron chi connectivity index (χ2n) is 6.38. The molecule has 146 valence electrons. The summed E-state index contributed by atoms with van der Waals surface area (Å²) in [5, 5.41) is 6.02. The summed E-state index contributed by atoms with van der Waals surface area (Å²) in [6.45, 7) is 6.74. The van der Waals surface area contributed by atoms with Crippen molar-refractivity contribution in [3.63, 3.8) is 0 Å². The van der Waals surface area contributed by atoms with Gasteiger partial charge in [-0.1, -0.05) is 17.7 Å². The van der Waals surface area contributed by atoms with Crippen LogP contribution in [0.5, 0.6) is 5.75 Å². The van der Waals surface area contributed by atoms with Crippen LogP contribution in [0.1, 0.15) is 17.2 Å². The van der Waals surface area contributed by atoms with E-state index in [1.165, 1.54) is 0 Å². The van der Waals surface area contributed by atoms with Crippen molar-refractivity contribution < 1.29 is 9.53 Å². The lowest BCUT2D eigenvalue weighted by atomic mass is 10.2. The summed E-state index contributed by atoms with van der Waals surface area (Å²) >= 11 is 0. The van der Waals surface area contributed by atoms with Gasteiger partial charge in [-0.3, -0.25) is 9.36 Å². The largest absolute Gasteiger partial charge is 0.484 e. The molecule has 2 aromatic heterocycles. The highest BCUT2D eigenvalue weighted by molar-refractivity contribution is 5.77. The first kappa shape index (κ1) is 19.3. The van der Waals surface area contributed by atoms with Gasteiger partial charge in [-0.15, -0.1) is 0 Å². The molecule has 0 aliphatic rings. The van der Waals surface area contributed by atoms with Crippen molar-refractivity contribution in [2.45, 2.75) is 20.8 Å². The number of carbonyl (C=O) groups excluding carboxylic acids is 1. The first-order valence-corrected chi connectivity index (χ1v) is 9.07. The Labute approximate surface area is 164 Å². The molecule has 3 aromatic rings. The molecule has 1 amide bonds. The number of aromatic nitrogens is 4. The van der Waals surface area contributed by atoms with Crippen molar-refractivity contribution in [3.05, 3.63) is 59.9 Å². The molecule has 0 fully saturated rings. The lowest BCUT2D eigenvalue weighted by molar-refractivity contribution is -0.123. The molecule has 2 N–H and O–H groups in total. The molecule has 2 heterocycles. The van der Waals surface area contributed by atoms with Gasteiger partial charge >= 0.3 is 0 Å². The number of nitrogens with one attached hydrogen (secondary N) is 2. The third-order valence-corrected chi connectivity index (χ3v) is 4.04. The van der Waals surface area contributed by atoms with Crippen LogP contribution in [-0.2, 0) is 4.79 Å². The van der Waals surface area contributed by atoms with E-state index in [4.69, 9.17) is 4.74 Å². The summed E-state index contributed by atoms with van der Waals surface area (Å²) in [4.78, 5) is 24.9. The first-order valence-electron chi connectivity index (χ1n) is 9.07. The van der Waals surface area contributed by atoms with Crippen LogP contribution in [-0.4, -0.2) is 45.1 Å². The maximum absolute atomic E-state index is 11.9. The summed E-state index contributed by atoms with van der Waals surface area (Å²) < 4.78 is 7.35. The van der Waals surface area contributed by atoms with E-state index in [9.17, 15) is 4.79 Å². The van der Waals surface area contributed by atoms with Gasteiger partial charge in [0.2, 0.25) is 0 Å². The highest BCUT2D eigenvalue weighted by Gasteiger charge is 2.07. The Bertz CT molecular complexity index is 936. The van der Waals surface area contributed by atoms with Crippen LogP contribution in [0.4, 0.5) is 5.82 Å². The van der Waals surface area contributed by atoms with Crippen LogP contribution < -0.4 is 15.4 Å². The van der Waals surface area contributed by atoms with E-state index in [-0.39, 0.29) is 12.5 Å². The predicted octanol–water partition coefficient (Wildman–Crippen LogP) is 2.19. The number of amides is 1. The Morgan fingerprint density at radius 2 is 1.89 bits per heavy atom. The molecular formula is C20H24N6O2. The standard InChI is InChI=1S/C20H24N6O2/c1-14-4-6-17(7-5-14)28-13-20(27)23-9-8-22-18-12-19(25-15(2)24-18)26-11-10-21-16(26)3/h4-7,10-12H,8-9,13H2,1-3H3,(H,23,27)(H,22,24,25). The van der Waals surface area contributed by atoms with E-state index in [1.54, 1.807) is 6.20 Å². The van der Waals surface area contributed by atoms with Crippen molar-refractivity contribution in [1.82, 2.24) is 24.8 Å². The topological polar surface area (TPSA) is 94.0 Å². The minimum absolute atomic E-state index is 0.0142. The van der Waals surface area contributed by atoms with Gasteiger partial charge in [0.05, 0.1) is 0 Å². The number of benzene rings is 1. The third kappa shape index (κ3) is 5.29. The molecule has 8 nitrogen and oxygen atoms in total. The Morgan fingerprint density at radius 3 is 2.61 bits per heavy atom. The predicted molar refractivity (Wildman–Crippen MR) is 107 cm³/mol. The summed E-state index contributed by atoms with van der Waals surface area (Å²) in [5.41, 5.74) is 1.15. The van der Waals surface area contributed by atoms with Gasteiger partial charge in [0, 0.05) is 31.5 Å². The van der Waals surface area contributed by atoms with Gasteiger partial charge in [0.25, 0.3) is 5.91 Å². The molecule has 0 saturated heterocycles. The van der Waals surface area contributed by atoms with Crippen LogP contribution in [0.3, 0.4) is 0 Å². The minimum Gasteiger partial charge on any atom is -0.484 e. The Hall–Kier alpha value is -3.42. The quantitative estimate of drug-likeness (QED) is 0.582. The molecule has 8 heteroatoms. The van der Waals surface area contributed by atoms with Gasteiger partial charge in [-0.05, 0) is 32.9 Å². The zero-order chi connectivity index (χ0) is 19.9. The first-order chi connectivity index (χ1) is 13.5. The lowest BCUT2D eigenvalue weighted by Gasteiger charge is -2.11. The van der Waals surface area contributed by atoms with Gasteiger partial charge in [-0.2, -0.15) is 0 Å². The Balaban J connectivity index is 1.45. The second-order valence-corrected chi connectivity index (χ2v) is 6.38. The smallest absolute Gasteiger partial charge is 0.258 e. The molecule has 0 atom stereocenters. The fourth-order valence-corrected chi connectivity index (χ4v) is 2.61.